The maximum Gasteiger partial charge on any atom is 0.216 e. The van der Waals surface area contributed by atoms with Gasteiger partial charge in [0.25, 0.3) is 0 Å². The predicted octanol–water partition coefficient (Wildman–Crippen LogP) is 0.977. The lowest BCUT2D eigenvalue weighted by Gasteiger charge is -2.33. The lowest BCUT2D eigenvalue weighted by atomic mass is 10.0. The molecule has 1 fully saturated rings. The molecule has 1 aliphatic heterocycles. The Kier molecular flexibility index (Phi) is 7.21. The van der Waals surface area contributed by atoms with E-state index >= 15 is 0 Å². The van der Waals surface area contributed by atoms with Crippen molar-refractivity contribution in [1.29, 1.82) is 0 Å². The first kappa shape index (κ1) is 14.5. The first-order valence-electron chi connectivity index (χ1n) is 6.89. The lowest BCUT2D eigenvalue weighted by Crippen LogP contribution is -2.39. The zero-order valence-corrected chi connectivity index (χ0v) is 11.3. The standard InChI is InChI=1S/C13H27N3O/c1-12-6-3-4-10-16(12)11-5-7-14-8-9-15-13(2)17/h12,14H,3-11H2,1-2H3,(H,15,17). The summed E-state index contributed by atoms with van der Waals surface area (Å²) in [4.78, 5) is 13.2. The monoisotopic (exact) mass is 241 g/mol. The minimum atomic E-state index is 0.0499. The number of amides is 1. The van der Waals surface area contributed by atoms with Crippen molar-refractivity contribution in [3.63, 3.8) is 0 Å². The topological polar surface area (TPSA) is 44.4 Å². The smallest absolute Gasteiger partial charge is 0.216 e. The van der Waals surface area contributed by atoms with E-state index in [-0.39, 0.29) is 5.91 Å². The van der Waals surface area contributed by atoms with Crippen LogP contribution in [0.1, 0.15) is 39.5 Å². The van der Waals surface area contributed by atoms with Crippen molar-refractivity contribution in [2.45, 2.75) is 45.6 Å². The van der Waals surface area contributed by atoms with Crippen LogP contribution in [0.5, 0.6) is 0 Å². The molecule has 1 saturated heterocycles. The summed E-state index contributed by atoms with van der Waals surface area (Å²) in [6, 6.07) is 0.767. The quantitative estimate of drug-likeness (QED) is 0.653. The van der Waals surface area contributed by atoms with Crippen molar-refractivity contribution in [3.8, 4) is 0 Å². The van der Waals surface area contributed by atoms with E-state index < -0.39 is 0 Å². The Labute approximate surface area is 105 Å². The molecule has 17 heavy (non-hydrogen) atoms. The molecular weight excluding hydrogens is 214 g/mol. The van der Waals surface area contributed by atoms with Gasteiger partial charge in [-0.15, -0.1) is 0 Å². The second kappa shape index (κ2) is 8.48. The van der Waals surface area contributed by atoms with Crippen LogP contribution < -0.4 is 10.6 Å². The summed E-state index contributed by atoms with van der Waals surface area (Å²) in [7, 11) is 0. The first-order valence-corrected chi connectivity index (χ1v) is 6.89. The van der Waals surface area contributed by atoms with E-state index in [0.29, 0.717) is 0 Å². The van der Waals surface area contributed by atoms with Crippen molar-refractivity contribution in [2.75, 3.05) is 32.7 Å². The van der Waals surface area contributed by atoms with Crippen LogP contribution in [-0.2, 0) is 4.79 Å². The number of rotatable bonds is 7. The Morgan fingerprint density at radius 1 is 1.29 bits per heavy atom. The molecule has 0 saturated carbocycles. The molecule has 1 heterocycles. The van der Waals surface area contributed by atoms with E-state index in [4.69, 9.17) is 0 Å². The molecule has 0 aliphatic carbocycles. The van der Waals surface area contributed by atoms with Crippen molar-refractivity contribution in [2.24, 2.45) is 0 Å². The Balaban J connectivity index is 1.91. The summed E-state index contributed by atoms with van der Waals surface area (Å²) in [6.45, 7) is 9.01. The van der Waals surface area contributed by atoms with E-state index in [2.05, 4.69) is 22.5 Å². The summed E-state index contributed by atoms with van der Waals surface area (Å²) in [5.74, 6) is 0.0499. The molecule has 1 rings (SSSR count). The van der Waals surface area contributed by atoms with Gasteiger partial charge in [0.1, 0.15) is 0 Å². The van der Waals surface area contributed by atoms with E-state index in [1.807, 2.05) is 0 Å². The summed E-state index contributed by atoms with van der Waals surface area (Å²) in [5, 5.41) is 6.13. The molecule has 1 atom stereocenters. The summed E-state index contributed by atoms with van der Waals surface area (Å²) in [5.41, 5.74) is 0. The van der Waals surface area contributed by atoms with Crippen LogP contribution in [0.2, 0.25) is 0 Å². The Hall–Kier alpha value is -0.610. The number of carbonyl (C=O) groups is 1. The number of nitrogens with zero attached hydrogens (tertiary/aromatic N) is 1. The van der Waals surface area contributed by atoms with Crippen LogP contribution in [-0.4, -0.2) is 49.6 Å². The van der Waals surface area contributed by atoms with Crippen LogP contribution in [0, 0.1) is 0 Å². The zero-order chi connectivity index (χ0) is 12.5. The SMILES string of the molecule is CC(=O)NCCNCCCN1CCCCC1C. The van der Waals surface area contributed by atoms with Gasteiger partial charge >= 0.3 is 0 Å². The van der Waals surface area contributed by atoms with Gasteiger partial charge in [-0.1, -0.05) is 6.42 Å². The van der Waals surface area contributed by atoms with Crippen LogP contribution in [0.15, 0.2) is 0 Å². The van der Waals surface area contributed by atoms with Crippen LogP contribution in [0.3, 0.4) is 0 Å². The van der Waals surface area contributed by atoms with Gasteiger partial charge in [0.2, 0.25) is 5.91 Å². The van der Waals surface area contributed by atoms with Gasteiger partial charge in [0, 0.05) is 26.1 Å². The van der Waals surface area contributed by atoms with Gasteiger partial charge in [-0.25, -0.2) is 0 Å². The zero-order valence-electron chi connectivity index (χ0n) is 11.3. The predicted molar refractivity (Wildman–Crippen MR) is 71.1 cm³/mol. The number of carbonyl (C=O) groups excluding carboxylic acids is 1. The highest BCUT2D eigenvalue weighted by Crippen LogP contribution is 2.15. The molecule has 0 aromatic carbocycles. The molecule has 1 amide bonds. The highest BCUT2D eigenvalue weighted by atomic mass is 16.1. The van der Waals surface area contributed by atoms with E-state index in [0.717, 1.165) is 25.7 Å². The molecule has 1 unspecified atom stereocenters. The number of likely N-dealkylation sites (tertiary alicyclic amines) is 1. The largest absolute Gasteiger partial charge is 0.355 e. The average molecular weight is 241 g/mol. The molecule has 4 heteroatoms. The number of piperidine rings is 1. The molecule has 100 valence electrons. The third-order valence-corrected chi connectivity index (χ3v) is 3.42. The van der Waals surface area contributed by atoms with Gasteiger partial charge < -0.3 is 15.5 Å². The Bertz CT molecular complexity index is 221. The van der Waals surface area contributed by atoms with Crippen LogP contribution in [0.4, 0.5) is 0 Å². The van der Waals surface area contributed by atoms with Crippen molar-refractivity contribution in [3.05, 3.63) is 0 Å². The highest BCUT2D eigenvalue weighted by molar-refractivity contribution is 5.72. The van der Waals surface area contributed by atoms with Crippen molar-refractivity contribution >= 4 is 5.91 Å². The van der Waals surface area contributed by atoms with Crippen LogP contribution in [0.25, 0.3) is 0 Å². The molecule has 4 nitrogen and oxygen atoms in total. The molecular formula is C13H27N3O. The number of hydrogen-bond acceptors (Lipinski definition) is 3. The molecule has 0 radical (unpaired) electrons. The highest BCUT2D eigenvalue weighted by Gasteiger charge is 2.16. The Morgan fingerprint density at radius 2 is 2.12 bits per heavy atom. The van der Waals surface area contributed by atoms with Gasteiger partial charge in [-0.05, 0) is 45.8 Å². The maximum atomic E-state index is 10.6. The lowest BCUT2D eigenvalue weighted by molar-refractivity contribution is -0.118. The van der Waals surface area contributed by atoms with E-state index in [1.54, 1.807) is 6.92 Å². The third kappa shape index (κ3) is 6.64. The minimum Gasteiger partial charge on any atom is -0.355 e. The first-order chi connectivity index (χ1) is 8.20. The van der Waals surface area contributed by atoms with Gasteiger partial charge in [0.15, 0.2) is 0 Å². The van der Waals surface area contributed by atoms with Crippen molar-refractivity contribution < 1.29 is 4.79 Å². The second-order valence-electron chi connectivity index (χ2n) is 4.97. The minimum absolute atomic E-state index is 0.0499. The second-order valence-corrected chi connectivity index (χ2v) is 4.97. The molecule has 0 aromatic heterocycles. The maximum absolute atomic E-state index is 10.6. The fourth-order valence-corrected chi connectivity index (χ4v) is 2.35. The van der Waals surface area contributed by atoms with Gasteiger partial charge in [-0.2, -0.15) is 0 Å². The van der Waals surface area contributed by atoms with Gasteiger partial charge in [-0.3, -0.25) is 4.79 Å². The molecule has 0 bridgehead atoms. The molecule has 1 aliphatic rings. The molecule has 0 aromatic rings. The molecule has 0 spiro atoms. The summed E-state index contributed by atoms with van der Waals surface area (Å²) >= 11 is 0. The fraction of sp³-hybridized carbons (Fsp3) is 0.923. The normalized spacial score (nSPS) is 21.4. The molecule has 2 N–H and O–H groups in total. The average Bonchev–Trinajstić information content (AvgIpc) is 2.30. The van der Waals surface area contributed by atoms with Crippen LogP contribution >= 0.6 is 0 Å². The third-order valence-electron chi connectivity index (χ3n) is 3.42. The summed E-state index contributed by atoms with van der Waals surface area (Å²) in [6.07, 6.45) is 5.31. The number of nitrogens with one attached hydrogen (secondary N) is 2. The van der Waals surface area contributed by atoms with Gasteiger partial charge in [0.05, 0.1) is 0 Å². The summed E-state index contributed by atoms with van der Waals surface area (Å²) < 4.78 is 0. The Morgan fingerprint density at radius 3 is 2.82 bits per heavy atom. The number of hydrogen-bond donors (Lipinski definition) is 2. The van der Waals surface area contributed by atoms with E-state index in [1.165, 1.54) is 38.8 Å². The van der Waals surface area contributed by atoms with Crippen molar-refractivity contribution in [1.82, 2.24) is 15.5 Å². The fourth-order valence-electron chi connectivity index (χ4n) is 2.35. The van der Waals surface area contributed by atoms with E-state index in [9.17, 15) is 4.79 Å².